The first kappa shape index (κ1) is 24.0. The molecule has 146 valence electrons. The summed E-state index contributed by atoms with van der Waals surface area (Å²) in [6.45, 7) is 9.55. The molecule has 0 aliphatic rings. The van der Waals surface area contributed by atoms with Crippen LogP contribution in [0.25, 0.3) is 0 Å². The molecule has 0 spiro atoms. The van der Waals surface area contributed by atoms with Gasteiger partial charge in [0, 0.05) is 0 Å². The fraction of sp³-hybridized carbons (Fsp3) is 1.00. The zero-order valence-corrected chi connectivity index (χ0v) is 17.9. The van der Waals surface area contributed by atoms with Gasteiger partial charge in [-0.05, 0) is 11.8 Å². The summed E-state index contributed by atoms with van der Waals surface area (Å²) in [6, 6.07) is 0. The minimum absolute atomic E-state index is 0.937. The molecule has 0 heterocycles. The van der Waals surface area contributed by atoms with Crippen molar-refractivity contribution in [1.29, 1.82) is 0 Å². The molecule has 0 amide bonds. The molecule has 0 fully saturated rings. The summed E-state index contributed by atoms with van der Waals surface area (Å²) < 4.78 is 0. The molecule has 2 atom stereocenters. The van der Waals surface area contributed by atoms with Gasteiger partial charge in [0.05, 0.1) is 0 Å². The molecule has 0 radical (unpaired) electrons. The Balaban J connectivity index is 3.17. The third-order valence-corrected chi connectivity index (χ3v) is 6.00. The molecule has 0 rings (SSSR count). The van der Waals surface area contributed by atoms with Crippen molar-refractivity contribution in [3.05, 3.63) is 0 Å². The summed E-state index contributed by atoms with van der Waals surface area (Å²) in [5, 5.41) is 0. The first-order chi connectivity index (χ1) is 11.7. The van der Waals surface area contributed by atoms with Crippen LogP contribution in [-0.2, 0) is 0 Å². The largest absolute Gasteiger partial charge is 0.0654 e. The Morgan fingerprint density at radius 1 is 0.375 bits per heavy atom. The second-order valence-electron chi connectivity index (χ2n) is 8.48. The van der Waals surface area contributed by atoms with Gasteiger partial charge in [0.25, 0.3) is 0 Å². The average Bonchev–Trinajstić information content (AvgIpc) is 2.59. The molecule has 0 saturated heterocycles. The van der Waals surface area contributed by atoms with Crippen LogP contribution in [0, 0.1) is 11.8 Å². The Kier molecular flexibility index (Phi) is 19.3. The maximum Gasteiger partial charge on any atom is -0.0417 e. The molecule has 0 aromatic rings. The Morgan fingerprint density at radius 3 is 1.04 bits per heavy atom. The van der Waals surface area contributed by atoms with Crippen LogP contribution >= 0.6 is 0 Å². The Morgan fingerprint density at radius 2 is 0.667 bits per heavy atom. The van der Waals surface area contributed by atoms with Crippen LogP contribution < -0.4 is 0 Å². The van der Waals surface area contributed by atoms with Crippen LogP contribution in [0.2, 0.25) is 0 Å². The van der Waals surface area contributed by atoms with Crippen LogP contribution in [0.15, 0.2) is 0 Å². The van der Waals surface area contributed by atoms with E-state index < -0.39 is 0 Å². The first-order valence-electron chi connectivity index (χ1n) is 11.7. The van der Waals surface area contributed by atoms with Crippen LogP contribution in [-0.4, -0.2) is 0 Å². The van der Waals surface area contributed by atoms with E-state index in [0.717, 1.165) is 11.8 Å². The van der Waals surface area contributed by atoms with Crippen molar-refractivity contribution in [3.8, 4) is 0 Å². The van der Waals surface area contributed by atoms with Crippen LogP contribution in [0.4, 0.5) is 0 Å². The third kappa shape index (κ3) is 16.8. The van der Waals surface area contributed by atoms with Gasteiger partial charge in [-0.2, -0.15) is 0 Å². The number of rotatable bonds is 19. The highest BCUT2D eigenvalue weighted by molar-refractivity contribution is 4.62. The van der Waals surface area contributed by atoms with E-state index in [1.54, 1.807) is 0 Å². The van der Waals surface area contributed by atoms with Gasteiger partial charge in [0.1, 0.15) is 0 Å². The maximum atomic E-state index is 2.47. The summed E-state index contributed by atoms with van der Waals surface area (Å²) in [5.74, 6) is 1.88. The third-order valence-electron chi connectivity index (χ3n) is 6.00. The van der Waals surface area contributed by atoms with E-state index in [1.807, 2.05) is 0 Å². The Labute approximate surface area is 155 Å². The Bertz CT molecular complexity index is 220. The predicted octanol–water partition coefficient (Wildman–Crippen LogP) is 9.32. The van der Waals surface area contributed by atoms with Crippen molar-refractivity contribution < 1.29 is 0 Å². The molecule has 0 heteroatoms. The fourth-order valence-electron chi connectivity index (χ4n) is 3.76. The van der Waals surface area contributed by atoms with Crippen LogP contribution in [0.5, 0.6) is 0 Å². The minimum atomic E-state index is 0.937. The summed E-state index contributed by atoms with van der Waals surface area (Å²) in [6.07, 6.45) is 26.2. The van der Waals surface area contributed by atoms with Crippen LogP contribution in [0.3, 0.4) is 0 Å². The van der Waals surface area contributed by atoms with Gasteiger partial charge in [-0.15, -0.1) is 0 Å². The highest BCUT2D eigenvalue weighted by Gasteiger charge is 2.10. The summed E-state index contributed by atoms with van der Waals surface area (Å²) in [5.41, 5.74) is 0. The number of hydrogen-bond donors (Lipinski definition) is 0. The zero-order chi connectivity index (χ0) is 17.9. The molecular weight excluding hydrogens is 288 g/mol. The minimum Gasteiger partial charge on any atom is -0.0654 e. The van der Waals surface area contributed by atoms with E-state index in [4.69, 9.17) is 0 Å². The fourth-order valence-corrected chi connectivity index (χ4v) is 3.76. The lowest BCUT2D eigenvalue weighted by molar-refractivity contribution is 0.325. The van der Waals surface area contributed by atoms with E-state index in [-0.39, 0.29) is 0 Å². The highest BCUT2D eigenvalue weighted by Crippen LogP contribution is 2.23. The lowest BCUT2D eigenvalue weighted by Gasteiger charge is -2.19. The highest BCUT2D eigenvalue weighted by atomic mass is 14.2. The molecule has 0 saturated carbocycles. The standard InChI is InChI=1S/C24H50/c1-5-7-9-10-11-12-13-14-15-16-17-18-19-20-22-24(4)23(3)21-8-6-2/h23-24H,5-22H2,1-4H3. The van der Waals surface area contributed by atoms with Gasteiger partial charge in [-0.3, -0.25) is 0 Å². The SMILES string of the molecule is CCCCCCCCCCCCCCCCC(C)C(C)CCCC. The monoisotopic (exact) mass is 338 g/mol. The van der Waals surface area contributed by atoms with Crippen molar-refractivity contribution in [2.45, 2.75) is 143 Å². The molecule has 0 aromatic carbocycles. The zero-order valence-electron chi connectivity index (χ0n) is 17.9. The van der Waals surface area contributed by atoms with Crippen molar-refractivity contribution in [3.63, 3.8) is 0 Å². The maximum absolute atomic E-state index is 2.47. The van der Waals surface area contributed by atoms with Gasteiger partial charge in [0.15, 0.2) is 0 Å². The lowest BCUT2D eigenvalue weighted by atomic mass is 9.87. The quantitative estimate of drug-likeness (QED) is 0.206. The molecule has 0 bridgehead atoms. The van der Waals surface area contributed by atoms with E-state index in [9.17, 15) is 0 Å². The lowest BCUT2D eigenvalue weighted by Crippen LogP contribution is -2.07. The van der Waals surface area contributed by atoms with Crippen LogP contribution in [0.1, 0.15) is 143 Å². The van der Waals surface area contributed by atoms with Gasteiger partial charge in [0.2, 0.25) is 0 Å². The summed E-state index contributed by atoms with van der Waals surface area (Å²) >= 11 is 0. The van der Waals surface area contributed by atoms with Crippen molar-refractivity contribution in [2.24, 2.45) is 11.8 Å². The summed E-state index contributed by atoms with van der Waals surface area (Å²) in [7, 11) is 0. The van der Waals surface area contributed by atoms with Gasteiger partial charge >= 0.3 is 0 Å². The topological polar surface area (TPSA) is 0 Å². The number of unbranched alkanes of at least 4 members (excludes halogenated alkanes) is 14. The molecule has 24 heavy (non-hydrogen) atoms. The van der Waals surface area contributed by atoms with Gasteiger partial charge in [-0.25, -0.2) is 0 Å². The second-order valence-corrected chi connectivity index (χ2v) is 8.48. The molecule has 0 N–H and O–H groups in total. The van der Waals surface area contributed by atoms with Crippen molar-refractivity contribution >= 4 is 0 Å². The summed E-state index contributed by atoms with van der Waals surface area (Å²) in [4.78, 5) is 0. The molecule has 2 unspecified atom stereocenters. The predicted molar refractivity (Wildman–Crippen MR) is 113 cm³/mol. The molecule has 0 aliphatic carbocycles. The van der Waals surface area contributed by atoms with E-state index in [1.165, 1.54) is 116 Å². The second kappa shape index (κ2) is 19.3. The Hall–Kier alpha value is 0. The van der Waals surface area contributed by atoms with Crippen molar-refractivity contribution in [2.75, 3.05) is 0 Å². The van der Waals surface area contributed by atoms with Gasteiger partial charge in [-0.1, -0.05) is 143 Å². The number of hydrogen-bond acceptors (Lipinski definition) is 0. The molecule has 0 aromatic heterocycles. The van der Waals surface area contributed by atoms with E-state index in [0.29, 0.717) is 0 Å². The first-order valence-corrected chi connectivity index (χ1v) is 11.7. The normalized spacial score (nSPS) is 14.0. The van der Waals surface area contributed by atoms with E-state index >= 15 is 0 Å². The molecular formula is C24H50. The van der Waals surface area contributed by atoms with Gasteiger partial charge < -0.3 is 0 Å². The molecule has 0 aliphatic heterocycles. The van der Waals surface area contributed by atoms with Crippen molar-refractivity contribution in [1.82, 2.24) is 0 Å². The molecule has 0 nitrogen and oxygen atoms in total. The smallest absolute Gasteiger partial charge is 0.0417 e. The average molecular weight is 339 g/mol. The van der Waals surface area contributed by atoms with E-state index in [2.05, 4.69) is 27.7 Å².